The van der Waals surface area contributed by atoms with Crippen LogP contribution in [0, 0.1) is 0 Å². The smallest absolute Gasteiger partial charge is 0.422 e. The zero-order valence-electron chi connectivity index (χ0n) is 25.7. The number of nitrogens with zero attached hydrogens (tertiary/aromatic N) is 2. The van der Waals surface area contributed by atoms with Crippen LogP contribution < -0.4 is 19.7 Å². The minimum Gasteiger partial charge on any atom is -0.488 e. The van der Waals surface area contributed by atoms with Crippen molar-refractivity contribution >= 4 is 11.6 Å². The van der Waals surface area contributed by atoms with Gasteiger partial charge in [-0.05, 0) is 61.1 Å². The van der Waals surface area contributed by atoms with Gasteiger partial charge in [0.1, 0.15) is 6.61 Å². The van der Waals surface area contributed by atoms with E-state index in [0.29, 0.717) is 26.2 Å². The SMILES string of the molecule is C[C@H](Cc1cc2c(c(C(=O)N(C)C)c1)N(CCCOCc1ccccc1)CC2)NCCOc1ccccc1OCC(F)(F)F. The lowest BCUT2D eigenvalue weighted by atomic mass is 9.97. The number of rotatable bonds is 16. The molecule has 3 aromatic rings. The van der Waals surface area contributed by atoms with Gasteiger partial charge in [0.25, 0.3) is 5.91 Å². The van der Waals surface area contributed by atoms with Crippen molar-refractivity contribution in [3.8, 4) is 11.5 Å². The molecule has 1 heterocycles. The fraction of sp³-hybridized carbons (Fsp3) is 0.441. The van der Waals surface area contributed by atoms with Gasteiger partial charge in [-0.1, -0.05) is 48.5 Å². The van der Waals surface area contributed by atoms with Crippen molar-refractivity contribution in [2.75, 3.05) is 58.5 Å². The molecule has 0 saturated carbocycles. The normalized spacial score (nSPS) is 13.5. The average Bonchev–Trinajstić information content (AvgIpc) is 3.40. The fourth-order valence-corrected chi connectivity index (χ4v) is 5.30. The van der Waals surface area contributed by atoms with Crippen LogP contribution in [0.3, 0.4) is 0 Å². The van der Waals surface area contributed by atoms with Crippen molar-refractivity contribution in [2.24, 2.45) is 0 Å². The van der Waals surface area contributed by atoms with Gasteiger partial charge < -0.3 is 29.3 Å². The Morgan fingerprint density at radius 3 is 2.39 bits per heavy atom. The molecule has 0 unspecified atom stereocenters. The standard InChI is InChI=1S/C34H42F3N3O4/c1-25(38-15-19-43-30-12-7-8-13-31(30)44-24-34(35,36)37)20-27-21-28-14-17-40(32(28)29(22-27)33(41)39(2)3)16-9-18-42-23-26-10-5-4-6-11-26/h4-8,10-13,21-22,25,38H,9,14-20,23-24H2,1-3H3/t25-/m1/s1. The van der Waals surface area contributed by atoms with E-state index < -0.39 is 12.8 Å². The largest absolute Gasteiger partial charge is 0.488 e. The number of hydrogen-bond acceptors (Lipinski definition) is 6. The topological polar surface area (TPSA) is 63.3 Å². The van der Waals surface area contributed by atoms with Crippen LogP contribution in [0.25, 0.3) is 0 Å². The summed E-state index contributed by atoms with van der Waals surface area (Å²) in [7, 11) is 3.54. The van der Waals surface area contributed by atoms with E-state index in [9.17, 15) is 18.0 Å². The Morgan fingerprint density at radius 2 is 1.68 bits per heavy atom. The summed E-state index contributed by atoms with van der Waals surface area (Å²) in [5, 5.41) is 3.41. The molecule has 0 fully saturated rings. The number of amides is 1. The highest BCUT2D eigenvalue weighted by molar-refractivity contribution is 6.01. The van der Waals surface area contributed by atoms with E-state index in [2.05, 4.69) is 35.3 Å². The van der Waals surface area contributed by atoms with Crippen LogP contribution in [0.2, 0.25) is 0 Å². The predicted octanol–water partition coefficient (Wildman–Crippen LogP) is 5.90. The third-order valence-electron chi connectivity index (χ3n) is 7.32. The van der Waals surface area contributed by atoms with Crippen LogP contribution in [0.5, 0.6) is 11.5 Å². The van der Waals surface area contributed by atoms with Crippen molar-refractivity contribution in [3.05, 3.63) is 89.0 Å². The second-order valence-electron chi connectivity index (χ2n) is 11.2. The molecular weight excluding hydrogens is 571 g/mol. The lowest BCUT2D eigenvalue weighted by Crippen LogP contribution is -2.32. The van der Waals surface area contributed by atoms with Gasteiger partial charge in [-0.15, -0.1) is 0 Å². The molecule has 1 aliphatic heterocycles. The van der Waals surface area contributed by atoms with Crippen LogP contribution in [-0.4, -0.2) is 76.6 Å². The molecule has 44 heavy (non-hydrogen) atoms. The predicted molar refractivity (Wildman–Crippen MR) is 166 cm³/mol. The van der Waals surface area contributed by atoms with Gasteiger partial charge in [0.2, 0.25) is 0 Å². The zero-order chi connectivity index (χ0) is 31.5. The molecule has 1 aliphatic rings. The number of carbonyl (C=O) groups is 1. The molecule has 0 saturated heterocycles. The zero-order valence-corrected chi connectivity index (χ0v) is 25.7. The van der Waals surface area contributed by atoms with Gasteiger partial charge in [0, 0.05) is 46.4 Å². The highest BCUT2D eigenvalue weighted by atomic mass is 19.4. The number of hydrogen-bond donors (Lipinski definition) is 1. The Hall–Kier alpha value is -3.76. The number of carbonyl (C=O) groups excluding carboxylic acids is 1. The molecule has 1 atom stereocenters. The minimum atomic E-state index is -4.42. The molecule has 1 N–H and O–H groups in total. The van der Waals surface area contributed by atoms with Crippen molar-refractivity contribution in [1.82, 2.24) is 10.2 Å². The number of fused-ring (bicyclic) bond motifs is 1. The van der Waals surface area contributed by atoms with Gasteiger partial charge in [-0.3, -0.25) is 4.79 Å². The molecular formula is C34H42F3N3O4. The molecule has 0 bridgehead atoms. The van der Waals surface area contributed by atoms with Gasteiger partial charge >= 0.3 is 6.18 Å². The molecule has 0 aliphatic carbocycles. The molecule has 3 aromatic carbocycles. The first-order valence-electron chi connectivity index (χ1n) is 15.0. The molecule has 0 radical (unpaired) electrons. The molecule has 10 heteroatoms. The highest BCUT2D eigenvalue weighted by Crippen LogP contribution is 2.34. The second-order valence-corrected chi connectivity index (χ2v) is 11.2. The number of halogens is 3. The Labute approximate surface area is 257 Å². The van der Waals surface area contributed by atoms with Crippen LogP contribution in [0.4, 0.5) is 18.9 Å². The first-order chi connectivity index (χ1) is 21.1. The molecule has 0 spiro atoms. The summed E-state index contributed by atoms with van der Waals surface area (Å²) in [6, 6.07) is 20.7. The van der Waals surface area contributed by atoms with Crippen LogP contribution >= 0.6 is 0 Å². The number of para-hydroxylation sites is 2. The fourth-order valence-electron chi connectivity index (χ4n) is 5.30. The maximum atomic E-state index is 13.3. The Balaban J connectivity index is 1.30. The maximum Gasteiger partial charge on any atom is 0.422 e. The highest BCUT2D eigenvalue weighted by Gasteiger charge is 2.29. The average molecular weight is 614 g/mol. The lowest BCUT2D eigenvalue weighted by Gasteiger charge is -2.24. The molecule has 4 rings (SSSR count). The van der Waals surface area contributed by atoms with Crippen molar-refractivity contribution < 1.29 is 32.2 Å². The van der Waals surface area contributed by atoms with Gasteiger partial charge in [0.15, 0.2) is 18.1 Å². The van der Waals surface area contributed by atoms with Crippen LogP contribution in [0.1, 0.15) is 40.4 Å². The Morgan fingerprint density at radius 1 is 0.977 bits per heavy atom. The second kappa shape index (κ2) is 15.8. The number of alkyl halides is 3. The van der Waals surface area contributed by atoms with E-state index in [0.717, 1.165) is 48.3 Å². The van der Waals surface area contributed by atoms with Gasteiger partial charge in [-0.2, -0.15) is 13.2 Å². The maximum absolute atomic E-state index is 13.3. The van der Waals surface area contributed by atoms with Crippen LogP contribution in [-0.2, 0) is 24.2 Å². The molecule has 7 nitrogen and oxygen atoms in total. The summed E-state index contributed by atoms with van der Waals surface area (Å²) in [6.45, 7) is 4.35. The van der Waals surface area contributed by atoms with Crippen molar-refractivity contribution in [3.63, 3.8) is 0 Å². The van der Waals surface area contributed by atoms with E-state index in [1.165, 1.54) is 11.6 Å². The third-order valence-corrected chi connectivity index (χ3v) is 7.32. The molecule has 0 aromatic heterocycles. The Kier molecular flexibility index (Phi) is 11.9. The summed E-state index contributed by atoms with van der Waals surface area (Å²) in [5.74, 6) is 0.308. The summed E-state index contributed by atoms with van der Waals surface area (Å²) in [6.07, 6.45) is -1.97. The van der Waals surface area contributed by atoms with Crippen molar-refractivity contribution in [1.29, 1.82) is 0 Å². The molecule has 1 amide bonds. The first-order valence-corrected chi connectivity index (χ1v) is 15.0. The summed E-state index contributed by atoms with van der Waals surface area (Å²) in [5.41, 5.74) is 5.16. The van der Waals surface area contributed by atoms with E-state index in [1.807, 2.05) is 24.3 Å². The number of anilines is 1. The van der Waals surface area contributed by atoms with Crippen molar-refractivity contribution in [2.45, 2.75) is 45.0 Å². The number of benzene rings is 3. The summed E-state index contributed by atoms with van der Waals surface area (Å²) >= 11 is 0. The van der Waals surface area contributed by atoms with E-state index in [-0.39, 0.29) is 30.1 Å². The minimum absolute atomic E-state index is 0.0178. The van der Waals surface area contributed by atoms with E-state index in [4.69, 9.17) is 14.2 Å². The number of nitrogens with one attached hydrogen (secondary N) is 1. The number of ether oxygens (including phenoxy) is 3. The molecule has 238 valence electrons. The van der Waals surface area contributed by atoms with Gasteiger partial charge in [-0.25, -0.2) is 0 Å². The summed E-state index contributed by atoms with van der Waals surface area (Å²) < 4.78 is 54.2. The van der Waals surface area contributed by atoms with Crippen LogP contribution in [0.15, 0.2) is 66.7 Å². The van der Waals surface area contributed by atoms with E-state index in [1.54, 1.807) is 37.2 Å². The summed E-state index contributed by atoms with van der Waals surface area (Å²) in [4.78, 5) is 17.2. The van der Waals surface area contributed by atoms with Gasteiger partial charge in [0.05, 0.1) is 17.9 Å². The lowest BCUT2D eigenvalue weighted by molar-refractivity contribution is -0.153. The quantitative estimate of drug-likeness (QED) is 0.203. The Bertz CT molecular complexity index is 1350. The monoisotopic (exact) mass is 613 g/mol. The van der Waals surface area contributed by atoms with E-state index >= 15 is 0 Å². The third kappa shape index (κ3) is 9.89. The first kappa shape index (κ1) is 33.1.